The predicted octanol–water partition coefficient (Wildman–Crippen LogP) is 1.70. The van der Waals surface area contributed by atoms with Crippen LogP contribution in [-0.2, 0) is 25.0 Å². The Balaban J connectivity index is 2.37. The maximum atomic E-state index is 11.5. The van der Waals surface area contributed by atoms with E-state index in [0.29, 0.717) is 32.6 Å². The summed E-state index contributed by atoms with van der Waals surface area (Å²) in [5.41, 5.74) is 0.883. The molecule has 112 valence electrons. The lowest BCUT2D eigenvalue weighted by Gasteiger charge is -2.05. The number of halogens is 1. The standard InChI is InChI=1S/C13H18ClNO4S/c1-2-19-10-9-15-13(16)8-5-11-3-6-12(7-4-11)20(14,17)18/h3-4,6-7H,2,5,8-10H2,1H3,(H,15,16). The van der Waals surface area contributed by atoms with Crippen LogP contribution in [0.1, 0.15) is 18.9 Å². The van der Waals surface area contributed by atoms with Crippen molar-refractivity contribution in [3.05, 3.63) is 29.8 Å². The summed E-state index contributed by atoms with van der Waals surface area (Å²) in [5.74, 6) is -0.0567. The highest BCUT2D eigenvalue weighted by Crippen LogP contribution is 2.15. The SMILES string of the molecule is CCOCCNC(=O)CCc1ccc(S(=O)(=O)Cl)cc1. The highest BCUT2D eigenvalue weighted by Gasteiger charge is 2.09. The molecule has 0 saturated heterocycles. The summed E-state index contributed by atoms with van der Waals surface area (Å²) in [6.07, 6.45) is 0.891. The number of amides is 1. The summed E-state index contributed by atoms with van der Waals surface area (Å²) in [6.45, 7) is 3.53. The molecule has 1 amide bonds. The van der Waals surface area contributed by atoms with Crippen LogP contribution in [0, 0.1) is 0 Å². The summed E-state index contributed by atoms with van der Waals surface area (Å²) < 4.78 is 27.3. The molecule has 0 heterocycles. The van der Waals surface area contributed by atoms with E-state index in [9.17, 15) is 13.2 Å². The molecule has 0 unspecified atom stereocenters. The molecular formula is C13H18ClNO4S. The van der Waals surface area contributed by atoms with Gasteiger partial charge in [0.1, 0.15) is 0 Å². The van der Waals surface area contributed by atoms with E-state index in [1.807, 2.05) is 6.92 Å². The van der Waals surface area contributed by atoms with E-state index in [4.69, 9.17) is 15.4 Å². The summed E-state index contributed by atoms with van der Waals surface area (Å²) >= 11 is 0. The molecule has 5 nitrogen and oxygen atoms in total. The third-order valence-corrected chi connectivity index (χ3v) is 3.99. The Morgan fingerprint density at radius 3 is 2.50 bits per heavy atom. The molecule has 0 saturated carbocycles. The van der Waals surface area contributed by atoms with Crippen LogP contribution < -0.4 is 5.32 Å². The van der Waals surface area contributed by atoms with E-state index >= 15 is 0 Å². The minimum atomic E-state index is -3.69. The van der Waals surface area contributed by atoms with Gasteiger partial charge in [-0.1, -0.05) is 12.1 Å². The predicted molar refractivity (Wildman–Crippen MR) is 77.3 cm³/mol. The quantitative estimate of drug-likeness (QED) is 0.584. The minimum Gasteiger partial charge on any atom is -0.380 e. The Morgan fingerprint density at radius 1 is 1.30 bits per heavy atom. The van der Waals surface area contributed by atoms with Crippen molar-refractivity contribution in [2.24, 2.45) is 0 Å². The molecule has 1 aromatic rings. The highest BCUT2D eigenvalue weighted by molar-refractivity contribution is 8.13. The zero-order chi connectivity index (χ0) is 15.0. The number of hydrogen-bond donors (Lipinski definition) is 1. The summed E-state index contributed by atoms with van der Waals surface area (Å²) in [4.78, 5) is 11.6. The summed E-state index contributed by atoms with van der Waals surface area (Å²) in [6, 6.07) is 6.18. The van der Waals surface area contributed by atoms with Crippen LogP contribution in [0.4, 0.5) is 0 Å². The number of aryl methyl sites for hydroxylation is 1. The van der Waals surface area contributed by atoms with Crippen LogP contribution in [0.15, 0.2) is 29.2 Å². The maximum Gasteiger partial charge on any atom is 0.261 e. The molecule has 20 heavy (non-hydrogen) atoms. The number of hydrogen-bond acceptors (Lipinski definition) is 4. The molecule has 7 heteroatoms. The third-order valence-electron chi connectivity index (χ3n) is 2.62. The van der Waals surface area contributed by atoms with E-state index in [0.717, 1.165) is 5.56 Å². The van der Waals surface area contributed by atoms with Gasteiger partial charge in [0.05, 0.1) is 11.5 Å². The monoisotopic (exact) mass is 319 g/mol. The fraction of sp³-hybridized carbons (Fsp3) is 0.462. The topological polar surface area (TPSA) is 72.5 Å². The molecule has 0 aromatic heterocycles. The molecule has 0 aliphatic heterocycles. The molecule has 0 radical (unpaired) electrons. The van der Waals surface area contributed by atoms with Crippen LogP contribution in [0.2, 0.25) is 0 Å². The average molecular weight is 320 g/mol. The average Bonchev–Trinajstić information content (AvgIpc) is 2.41. The van der Waals surface area contributed by atoms with Crippen LogP contribution in [0.25, 0.3) is 0 Å². The Kier molecular flexibility index (Phi) is 6.98. The first kappa shape index (κ1) is 16.9. The molecule has 1 N–H and O–H groups in total. The van der Waals surface area contributed by atoms with Crippen LogP contribution in [0.5, 0.6) is 0 Å². The van der Waals surface area contributed by atoms with E-state index in [1.165, 1.54) is 12.1 Å². The van der Waals surface area contributed by atoms with Crippen molar-refractivity contribution in [3.63, 3.8) is 0 Å². The molecule has 1 rings (SSSR count). The van der Waals surface area contributed by atoms with Gasteiger partial charge in [-0.2, -0.15) is 0 Å². The summed E-state index contributed by atoms with van der Waals surface area (Å²) in [5, 5.41) is 2.74. The molecule has 0 atom stereocenters. The van der Waals surface area contributed by atoms with Gasteiger partial charge < -0.3 is 10.1 Å². The first-order chi connectivity index (χ1) is 9.43. The number of carbonyl (C=O) groups excluding carboxylic acids is 1. The zero-order valence-electron chi connectivity index (χ0n) is 11.3. The van der Waals surface area contributed by atoms with Crippen LogP contribution >= 0.6 is 10.7 Å². The fourth-order valence-corrected chi connectivity index (χ4v) is 2.34. The van der Waals surface area contributed by atoms with Gasteiger partial charge in [-0.05, 0) is 31.0 Å². The lowest BCUT2D eigenvalue weighted by Crippen LogP contribution is -2.27. The Bertz CT molecular complexity index is 528. The second kappa shape index (κ2) is 8.24. The number of carbonyl (C=O) groups is 1. The Hall–Kier alpha value is -1.11. The van der Waals surface area contributed by atoms with E-state index < -0.39 is 9.05 Å². The van der Waals surface area contributed by atoms with Crippen LogP contribution in [0.3, 0.4) is 0 Å². The van der Waals surface area contributed by atoms with Gasteiger partial charge in [-0.15, -0.1) is 0 Å². The van der Waals surface area contributed by atoms with Crippen molar-refractivity contribution in [2.75, 3.05) is 19.8 Å². The van der Waals surface area contributed by atoms with E-state index in [-0.39, 0.29) is 10.8 Å². The molecule has 1 aromatic carbocycles. The van der Waals surface area contributed by atoms with Gasteiger partial charge in [0.25, 0.3) is 9.05 Å². The van der Waals surface area contributed by atoms with Crippen molar-refractivity contribution in [2.45, 2.75) is 24.7 Å². The largest absolute Gasteiger partial charge is 0.380 e. The van der Waals surface area contributed by atoms with E-state index in [1.54, 1.807) is 12.1 Å². The van der Waals surface area contributed by atoms with Gasteiger partial charge in [-0.3, -0.25) is 4.79 Å². The van der Waals surface area contributed by atoms with Crippen molar-refractivity contribution >= 4 is 25.6 Å². The normalized spacial score (nSPS) is 11.3. The molecule has 0 bridgehead atoms. The lowest BCUT2D eigenvalue weighted by atomic mass is 10.1. The number of ether oxygens (including phenoxy) is 1. The van der Waals surface area contributed by atoms with Crippen molar-refractivity contribution in [1.82, 2.24) is 5.32 Å². The first-order valence-electron chi connectivity index (χ1n) is 6.31. The number of rotatable bonds is 8. The first-order valence-corrected chi connectivity index (χ1v) is 8.62. The van der Waals surface area contributed by atoms with E-state index in [2.05, 4.69) is 5.32 Å². The molecule has 0 spiro atoms. The Morgan fingerprint density at radius 2 is 1.95 bits per heavy atom. The minimum absolute atomic E-state index is 0.0567. The molecule has 0 aliphatic carbocycles. The van der Waals surface area contributed by atoms with Gasteiger partial charge in [-0.25, -0.2) is 8.42 Å². The van der Waals surface area contributed by atoms with Crippen molar-refractivity contribution in [1.29, 1.82) is 0 Å². The smallest absolute Gasteiger partial charge is 0.261 e. The van der Waals surface area contributed by atoms with Gasteiger partial charge >= 0.3 is 0 Å². The van der Waals surface area contributed by atoms with Crippen LogP contribution in [-0.4, -0.2) is 34.1 Å². The second-order valence-electron chi connectivity index (χ2n) is 4.13. The molecule has 0 fully saturated rings. The second-order valence-corrected chi connectivity index (χ2v) is 6.69. The molecular weight excluding hydrogens is 302 g/mol. The Labute approximate surface area is 123 Å². The lowest BCUT2D eigenvalue weighted by molar-refractivity contribution is -0.121. The maximum absolute atomic E-state index is 11.5. The summed E-state index contributed by atoms with van der Waals surface area (Å²) in [7, 11) is 1.53. The fourth-order valence-electron chi connectivity index (χ4n) is 1.57. The highest BCUT2D eigenvalue weighted by atomic mass is 35.7. The van der Waals surface area contributed by atoms with Gasteiger partial charge in [0, 0.05) is 30.3 Å². The number of benzene rings is 1. The third kappa shape index (κ3) is 6.36. The zero-order valence-corrected chi connectivity index (χ0v) is 12.8. The van der Waals surface area contributed by atoms with Gasteiger partial charge in [0.2, 0.25) is 5.91 Å². The molecule has 0 aliphatic rings. The number of nitrogens with one attached hydrogen (secondary N) is 1. The van der Waals surface area contributed by atoms with Crippen molar-refractivity contribution < 1.29 is 17.9 Å². The van der Waals surface area contributed by atoms with Crippen molar-refractivity contribution in [3.8, 4) is 0 Å². The van der Waals surface area contributed by atoms with Gasteiger partial charge in [0.15, 0.2) is 0 Å².